The van der Waals surface area contributed by atoms with Gasteiger partial charge in [0.15, 0.2) is 0 Å². The molecule has 0 aromatic heterocycles. The fourth-order valence-electron chi connectivity index (χ4n) is 4.01. The molecular formula is C16H24. The van der Waals surface area contributed by atoms with Crippen molar-refractivity contribution in [1.82, 2.24) is 0 Å². The summed E-state index contributed by atoms with van der Waals surface area (Å²) in [7, 11) is 0. The number of rotatable bonds is 1. The fourth-order valence-corrected chi connectivity index (χ4v) is 4.01. The lowest BCUT2D eigenvalue weighted by Crippen LogP contribution is -2.24. The van der Waals surface area contributed by atoms with E-state index in [1.54, 1.807) is 11.1 Å². The average molecular weight is 216 g/mol. The molecule has 2 rings (SSSR count). The van der Waals surface area contributed by atoms with E-state index in [4.69, 9.17) is 0 Å². The molecule has 88 valence electrons. The first kappa shape index (κ1) is 11.7. The van der Waals surface area contributed by atoms with Crippen LogP contribution in [0.1, 0.15) is 62.3 Å². The third-order valence-electron chi connectivity index (χ3n) is 4.65. The van der Waals surface area contributed by atoms with Crippen LogP contribution in [-0.4, -0.2) is 0 Å². The van der Waals surface area contributed by atoms with Gasteiger partial charge >= 0.3 is 0 Å². The number of aryl methyl sites for hydroxylation is 2. The number of hydrogen-bond donors (Lipinski definition) is 0. The van der Waals surface area contributed by atoms with Gasteiger partial charge in [-0.1, -0.05) is 51.8 Å². The van der Waals surface area contributed by atoms with Gasteiger partial charge in [0.25, 0.3) is 0 Å². The molecule has 16 heavy (non-hydrogen) atoms. The van der Waals surface area contributed by atoms with Gasteiger partial charge in [-0.25, -0.2) is 0 Å². The van der Waals surface area contributed by atoms with Crippen LogP contribution < -0.4 is 0 Å². The van der Waals surface area contributed by atoms with Gasteiger partial charge in [0.05, 0.1) is 0 Å². The number of benzene rings is 1. The summed E-state index contributed by atoms with van der Waals surface area (Å²) in [6, 6.07) is 4.75. The molecule has 0 amide bonds. The quantitative estimate of drug-likeness (QED) is 0.637. The van der Waals surface area contributed by atoms with Gasteiger partial charge in [0.2, 0.25) is 0 Å². The molecule has 1 aromatic carbocycles. The highest BCUT2D eigenvalue weighted by Gasteiger charge is 2.43. The molecule has 2 unspecified atom stereocenters. The predicted molar refractivity (Wildman–Crippen MR) is 71.1 cm³/mol. The minimum atomic E-state index is 0.348. The molecule has 0 heterocycles. The highest BCUT2D eigenvalue weighted by Crippen LogP contribution is 2.52. The molecule has 0 aliphatic heterocycles. The third kappa shape index (κ3) is 1.43. The Kier molecular flexibility index (Phi) is 2.64. The minimum absolute atomic E-state index is 0.348. The Labute approximate surface area is 100 Å². The van der Waals surface area contributed by atoms with Crippen molar-refractivity contribution in [3.8, 4) is 0 Å². The molecule has 0 radical (unpaired) electrons. The lowest BCUT2D eigenvalue weighted by Gasteiger charge is -2.29. The topological polar surface area (TPSA) is 0 Å². The van der Waals surface area contributed by atoms with Gasteiger partial charge in [0, 0.05) is 0 Å². The molecule has 1 aliphatic carbocycles. The first-order valence-electron chi connectivity index (χ1n) is 6.51. The second-order valence-corrected chi connectivity index (χ2v) is 6.07. The van der Waals surface area contributed by atoms with Crippen molar-refractivity contribution in [3.63, 3.8) is 0 Å². The first-order valence-corrected chi connectivity index (χ1v) is 6.51. The molecule has 0 heteroatoms. The Bertz CT molecular complexity index is 412. The maximum absolute atomic E-state index is 2.42. The Hall–Kier alpha value is -0.780. The smallest absolute Gasteiger partial charge is 0.00667 e. The van der Waals surface area contributed by atoms with Crippen LogP contribution in [0.5, 0.6) is 0 Å². The van der Waals surface area contributed by atoms with Crippen LogP contribution in [0.3, 0.4) is 0 Å². The molecule has 0 saturated carbocycles. The lowest BCUT2D eigenvalue weighted by atomic mass is 9.75. The molecule has 0 bridgehead atoms. The van der Waals surface area contributed by atoms with Crippen molar-refractivity contribution in [2.75, 3.05) is 0 Å². The van der Waals surface area contributed by atoms with Crippen molar-refractivity contribution in [3.05, 3.63) is 34.4 Å². The minimum Gasteiger partial charge on any atom is -0.0651 e. The van der Waals surface area contributed by atoms with E-state index < -0.39 is 0 Å². The van der Waals surface area contributed by atoms with Crippen LogP contribution in [0.2, 0.25) is 0 Å². The van der Waals surface area contributed by atoms with Crippen molar-refractivity contribution in [2.45, 2.75) is 59.3 Å². The summed E-state index contributed by atoms with van der Waals surface area (Å²) in [5.74, 6) is 1.51. The van der Waals surface area contributed by atoms with E-state index in [1.807, 2.05) is 0 Å². The Morgan fingerprint density at radius 3 is 2.38 bits per heavy atom. The Balaban J connectivity index is 2.67. The molecule has 0 nitrogen and oxygen atoms in total. The van der Waals surface area contributed by atoms with E-state index in [-0.39, 0.29) is 0 Å². The summed E-state index contributed by atoms with van der Waals surface area (Å²) in [6.07, 6.45) is 1.28. The number of fused-ring (bicyclic) bond motifs is 1. The molecule has 0 saturated heterocycles. The summed E-state index contributed by atoms with van der Waals surface area (Å²) in [4.78, 5) is 0. The summed E-state index contributed by atoms with van der Waals surface area (Å²) in [5, 5.41) is 0. The van der Waals surface area contributed by atoms with Gasteiger partial charge < -0.3 is 0 Å². The normalized spacial score (nSPS) is 26.9. The largest absolute Gasteiger partial charge is 0.0651 e. The van der Waals surface area contributed by atoms with E-state index in [1.165, 1.54) is 17.5 Å². The standard InChI is InChI=1S/C16H24/c1-7-13-12(4)15-11(3)8-10(2)9-14(15)16(13,5)6/h8-9,12-13H,7H2,1-6H3. The van der Waals surface area contributed by atoms with E-state index in [9.17, 15) is 0 Å². The Morgan fingerprint density at radius 1 is 1.19 bits per heavy atom. The maximum Gasteiger partial charge on any atom is -0.00667 e. The van der Waals surface area contributed by atoms with Crippen molar-refractivity contribution in [1.29, 1.82) is 0 Å². The lowest BCUT2D eigenvalue weighted by molar-refractivity contribution is 0.304. The molecule has 1 aliphatic rings. The highest BCUT2D eigenvalue weighted by atomic mass is 14.5. The van der Waals surface area contributed by atoms with Crippen molar-refractivity contribution >= 4 is 0 Å². The van der Waals surface area contributed by atoms with Crippen LogP contribution in [-0.2, 0) is 5.41 Å². The van der Waals surface area contributed by atoms with Gasteiger partial charge in [-0.15, -0.1) is 0 Å². The SMILES string of the molecule is CCC1C(C)c2c(C)cc(C)cc2C1(C)C. The molecular weight excluding hydrogens is 192 g/mol. The third-order valence-corrected chi connectivity index (χ3v) is 4.65. The number of hydrogen-bond acceptors (Lipinski definition) is 0. The van der Waals surface area contributed by atoms with Crippen LogP contribution in [0.4, 0.5) is 0 Å². The second kappa shape index (κ2) is 3.61. The van der Waals surface area contributed by atoms with Crippen molar-refractivity contribution < 1.29 is 0 Å². The van der Waals surface area contributed by atoms with Gasteiger partial charge in [0.1, 0.15) is 0 Å². The summed E-state index contributed by atoms with van der Waals surface area (Å²) in [5.41, 5.74) is 6.48. The zero-order valence-corrected chi connectivity index (χ0v) is 11.5. The zero-order chi connectivity index (χ0) is 12.1. The van der Waals surface area contributed by atoms with Crippen LogP contribution in [0, 0.1) is 19.8 Å². The summed E-state index contributed by atoms with van der Waals surface area (Å²) >= 11 is 0. The van der Waals surface area contributed by atoms with Crippen LogP contribution in [0.25, 0.3) is 0 Å². The fraction of sp³-hybridized carbons (Fsp3) is 0.625. The second-order valence-electron chi connectivity index (χ2n) is 6.07. The van der Waals surface area contributed by atoms with Crippen LogP contribution in [0.15, 0.2) is 12.1 Å². The average Bonchev–Trinajstić information content (AvgIpc) is 2.34. The predicted octanol–water partition coefficient (Wildman–Crippen LogP) is 4.72. The maximum atomic E-state index is 2.42. The van der Waals surface area contributed by atoms with Gasteiger partial charge in [-0.05, 0) is 47.8 Å². The zero-order valence-electron chi connectivity index (χ0n) is 11.5. The van der Waals surface area contributed by atoms with Gasteiger partial charge in [-0.2, -0.15) is 0 Å². The van der Waals surface area contributed by atoms with E-state index in [0.29, 0.717) is 5.41 Å². The van der Waals surface area contributed by atoms with E-state index in [2.05, 4.69) is 53.7 Å². The van der Waals surface area contributed by atoms with E-state index in [0.717, 1.165) is 11.8 Å². The molecule has 0 N–H and O–H groups in total. The first-order chi connectivity index (χ1) is 7.39. The van der Waals surface area contributed by atoms with Crippen molar-refractivity contribution in [2.24, 2.45) is 5.92 Å². The Morgan fingerprint density at radius 2 is 1.81 bits per heavy atom. The molecule has 1 aromatic rings. The highest BCUT2D eigenvalue weighted by molar-refractivity contribution is 5.49. The molecule has 0 spiro atoms. The van der Waals surface area contributed by atoms with Gasteiger partial charge in [-0.3, -0.25) is 0 Å². The molecule has 2 atom stereocenters. The van der Waals surface area contributed by atoms with Crippen LogP contribution >= 0.6 is 0 Å². The summed E-state index contributed by atoms with van der Waals surface area (Å²) < 4.78 is 0. The monoisotopic (exact) mass is 216 g/mol. The van der Waals surface area contributed by atoms with E-state index >= 15 is 0 Å². The summed E-state index contributed by atoms with van der Waals surface area (Å²) in [6.45, 7) is 14.1. The molecule has 0 fully saturated rings.